The number of phenolic OH excluding ortho intramolecular Hbond substituents is 1. The van der Waals surface area contributed by atoms with Crippen molar-refractivity contribution < 1.29 is 25.2 Å². The second-order valence-electron chi connectivity index (χ2n) is 14.7. The second-order valence-corrected chi connectivity index (χ2v) is 15.6. The van der Waals surface area contributed by atoms with Crippen LogP contribution in [0.25, 0.3) is 21.9 Å². The van der Waals surface area contributed by atoms with Gasteiger partial charge in [-0.1, -0.05) is 49.5 Å². The number of benzene rings is 2. The monoisotopic (exact) mass is 728 g/mol. The maximum absolute atomic E-state index is 13.0. The van der Waals surface area contributed by atoms with Crippen LogP contribution in [0.3, 0.4) is 0 Å². The van der Waals surface area contributed by atoms with Gasteiger partial charge < -0.3 is 35.6 Å². The number of aliphatic carboxylic acids is 1. The van der Waals surface area contributed by atoms with E-state index in [1.54, 1.807) is 12.1 Å². The van der Waals surface area contributed by atoms with E-state index in [0.717, 1.165) is 80.1 Å². The minimum Gasteiger partial charge on any atom is -0.506 e. The Kier molecular flexibility index (Phi) is 10.4. The molecule has 2 saturated carbocycles. The molecular formula is C39H48N6O6S. The van der Waals surface area contributed by atoms with E-state index in [9.17, 15) is 30.0 Å². The Hall–Kier alpha value is -4.30. The quantitative estimate of drug-likeness (QED) is 0.0819. The van der Waals surface area contributed by atoms with E-state index >= 15 is 0 Å². The van der Waals surface area contributed by atoms with Crippen molar-refractivity contribution in [2.45, 2.75) is 89.0 Å². The molecule has 7 rings (SSSR count). The Morgan fingerprint density at radius 1 is 1.12 bits per heavy atom. The molecule has 0 aliphatic heterocycles. The molecule has 2 atom stereocenters. The standard InChI is InChI=1S/C39H48N6O6S/c1-44(27-21-34(52-24-27)39(51,37(49)50)38(16-5-6-17-38)26-8-3-2-4-9-26)18-7-19-45-31-13-10-25(20-30(31)42-43-45)22-40-23-33(47)28-11-14-32(46)36-29(28)12-15-35(48)41-36/h10-15,20-21,24,26,33,40,46-47,51H,2-9,16-19,22-23H2,1H3,(H,41,48)(H,49,50)/t33-,39?/m0/s1. The fourth-order valence-corrected chi connectivity index (χ4v) is 10.0. The number of phenols is 1. The summed E-state index contributed by atoms with van der Waals surface area (Å²) in [4.78, 5) is 30.0. The number of aromatic hydroxyl groups is 1. The maximum Gasteiger partial charge on any atom is 0.341 e. The number of nitrogens with one attached hydrogen (secondary N) is 2. The molecule has 2 aliphatic carbocycles. The zero-order valence-corrected chi connectivity index (χ0v) is 30.4. The highest BCUT2D eigenvalue weighted by Gasteiger charge is 2.61. The third-order valence-corrected chi connectivity index (χ3v) is 12.7. The fourth-order valence-electron chi connectivity index (χ4n) is 8.90. The molecule has 0 spiro atoms. The molecule has 2 aliphatic rings. The van der Waals surface area contributed by atoms with Crippen LogP contribution in [0, 0.1) is 11.3 Å². The number of nitrogens with zero attached hydrogens (tertiary/aromatic N) is 4. The van der Waals surface area contributed by atoms with Gasteiger partial charge in [0.2, 0.25) is 11.2 Å². The van der Waals surface area contributed by atoms with E-state index in [4.69, 9.17) is 0 Å². The highest BCUT2D eigenvalue weighted by Crippen LogP contribution is 2.60. The SMILES string of the molecule is CN(CCCn1nnc2cc(CNC[C@H](O)c3ccc(O)c4[nH]c(=O)ccc34)ccc21)c1csc(C(O)(C(=O)O)C2(C3CCCCC3)CCCC2)c1. The Balaban J connectivity index is 0.950. The Morgan fingerprint density at radius 2 is 1.90 bits per heavy atom. The number of pyridine rings is 1. The van der Waals surface area contributed by atoms with E-state index in [1.807, 2.05) is 41.4 Å². The highest BCUT2D eigenvalue weighted by molar-refractivity contribution is 7.10. The van der Waals surface area contributed by atoms with Crippen LogP contribution in [-0.4, -0.2) is 66.5 Å². The predicted octanol–water partition coefficient (Wildman–Crippen LogP) is 5.80. The number of carboxylic acids is 1. The van der Waals surface area contributed by atoms with Crippen molar-refractivity contribution in [3.8, 4) is 5.75 Å². The number of hydrogen-bond donors (Lipinski definition) is 6. The van der Waals surface area contributed by atoms with Crippen molar-refractivity contribution in [2.24, 2.45) is 11.3 Å². The van der Waals surface area contributed by atoms with Crippen LogP contribution in [-0.2, 0) is 23.5 Å². The number of aryl methyl sites for hydroxylation is 1. The average Bonchev–Trinajstić information content (AvgIpc) is 3.93. The van der Waals surface area contributed by atoms with E-state index in [0.29, 0.717) is 41.0 Å². The summed E-state index contributed by atoms with van der Waals surface area (Å²) >= 11 is 1.36. The molecule has 0 amide bonds. The van der Waals surface area contributed by atoms with Gasteiger partial charge in [0.05, 0.1) is 22.0 Å². The Morgan fingerprint density at radius 3 is 2.67 bits per heavy atom. The van der Waals surface area contributed by atoms with Gasteiger partial charge in [0, 0.05) is 61.2 Å². The van der Waals surface area contributed by atoms with Crippen LogP contribution in [0.1, 0.15) is 86.3 Å². The van der Waals surface area contributed by atoms with Gasteiger partial charge in [0.1, 0.15) is 11.3 Å². The first-order valence-electron chi connectivity index (χ1n) is 18.4. The van der Waals surface area contributed by atoms with Crippen LogP contribution in [0.2, 0.25) is 0 Å². The number of hydrogen-bond acceptors (Lipinski definition) is 10. The summed E-state index contributed by atoms with van der Waals surface area (Å²) in [6.07, 6.45) is 8.80. The lowest BCUT2D eigenvalue weighted by Gasteiger charge is -2.48. The minimum absolute atomic E-state index is 0.0469. The molecule has 0 saturated heterocycles. The van der Waals surface area contributed by atoms with Gasteiger partial charge in [0.25, 0.3) is 0 Å². The van der Waals surface area contributed by atoms with E-state index < -0.39 is 23.1 Å². The van der Waals surface area contributed by atoms with Gasteiger partial charge in [-0.05, 0) is 79.5 Å². The molecule has 5 aromatic rings. The van der Waals surface area contributed by atoms with Gasteiger partial charge in [-0.25, -0.2) is 9.48 Å². The van der Waals surface area contributed by atoms with E-state index in [-0.39, 0.29) is 23.8 Å². The molecule has 1 unspecified atom stereocenters. The van der Waals surface area contributed by atoms with Crippen LogP contribution < -0.4 is 15.8 Å². The number of aliphatic hydroxyl groups is 2. The van der Waals surface area contributed by atoms with Crippen molar-refractivity contribution in [3.63, 3.8) is 0 Å². The van der Waals surface area contributed by atoms with Crippen LogP contribution in [0.4, 0.5) is 5.69 Å². The van der Waals surface area contributed by atoms with Crippen LogP contribution in [0.5, 0.6) is 5.75 Å². The second kappa shape index (κ2) is 15.0. The minimum atomic E-state index is -1.88. The van der Waals surface area contributed by atoms with Crippen molar-refractivity contribution in [2.75, 3.05) is 25.0 Å². The van der Waals surface area contributed by atoms with Crippen LogP contribution in [0.15, 0.2) is 58.7 Å². The highest BCUT2D eigenvalue weighted by atomic mass is 32.1. The number of thiophene rings is 1. The predicted molar refractivity (Wildman–Crippen MR) is 202 cm³/mol. The number of fused-ring (bicyclic) bond motifs is 2. The third-order valence-electron chi connectivity index (χ3n) is 11.7. The number of carbonyl (C=O) groups is 1. The summed E-state index contributed by atoms with van der Waals surface area (Å²) in [5.41, 5.74) is 1.68. The van der Waals surface area contributed by atoms with Gasteiger partial charge in [-0.2, -0.15) is 0 Å². The molecule has 52 heavy (non-hydrogen) atoms. The summed E-state index contributed by atoms with van der Waals surface area (Å²) in [7, 11) is 2.00. The van der Waals surface area contributed by atoms with E-state index in [2.05, 4.69) is 25.5 Å². The molecule has 12 nitrogen and oxygen atoms in total. The number of H-pyrrole nitrogens is 1. The molecule has 276 valence electrons. The molecule has 0 bridgehead atoms. The topological polar surface area (TPSA) is 177 Å². The summed E-state index contributed by atoms with van der Waals surface area (Å²) in [5, 5.41) is 58.4. The number of aromatic nitrogens is 4. The first-order chi connectivity index (χ1) is 25.1. The van der Waals surface area contributed by atoms with Gasteiger partial charge in [-0.3, -0.25) is 4.79 Å². The lowest BCUT2D eigenvalue weighted by molar-refractivity contribution is -0.187. The van der Waals surface area contributed by atoms with Gasteiger partial charge >= 0.3 is 5.97 Å². The largest absolute Gasteiger partial charge is 0.506 e. The number of carboxylic acid groups (broad SMARTS) is 1. The molecule has 3 heterocycles. The first-order valence-corrected chi connectivity index (χ1v) is 19.3. The molecule has 0 radical (unpaired) electrons. The summed E-state index contributed by atoms with van der Waals surface area (Å²) in [6, 6.07) is 14.0. The summed E-state index contributed by atoms with van der Waals surface area (Å²) in [5.74, 6) is -0.930. The Labute approximate surface area is 306 Å². The summed E-state index contributed by atoms with van der Waals surface area (Å²) in [6.45, 7) is 2.13. The fraction of sp³-hybridized carbons (Fsp3) is 0.487. The van der Waals surface area contributed by atoms with Crippen molar-refractivity contribution in [3.05, 3.63) is 80.3 Å². The van der Waals surface area contributed by atoms with Crippen molar-refractivity contribution in [1.29, 1.82) is 0 Å². The Bertz CT molecular complexity index is 2100. The molecule has 3 aromatic heterocycles. The van der Waals surface area contributed by atoms with Crippen molar-refractivity contribution >= 4 is 44.9 Å². The molecular weight excluding hydrogens is 681 g/mol. The summed E-state index contributed by atoms with van der Waals surface area (Å²) < 4.78 is 1.89. The number of aliphatic hydroxyl groups excluding tert-OH is 1. The number of aromatic amines is 1. The zero-order valence-electron chi connectivity index (χ0n) is 29.6. The first kappa shape index (κ1) is 36.1. The molecule has 2 fully saturated rings. The van der Waals surface area contributed by atoms with Gasteiger partial charge in [-0.15, -0.1) is 16.4 Å². The average molecular weight is 729 g/mol. The maximum atomic E-state index is 13.0. The zero-order chi connectivity index (χ0) is 36.5. The lowest BCUT2D eigenvalue weighted by Crippen LogP contribution is -2.54. The van der Waals surface area contributed by atoms with Crippen LogP contribution >= 0.6 is 11.3 Å². The number of rotatable bonds is 14. The van der Waals surface area contributed by atoms with Crippen molar-refractivity contribution in [1.82, 2.24) is 25.3 Å². The molecule has 13 heteroatoms. The molecule has 6 N–H and O–H groups in total. The van der Waals surface area contributed by atoms with Gasteiger partial charge in [0.15, 0.2) is 0 Å². The number of anilines is 1. The lowest BCUT2D eigenvalue weighted by atomic mass is 9.58. The normalized spacial score (nSPS) is 18.1. The van der Waals surface area contributed by atoms with E-state index in [1.165, 1.54) is 29.9 Å². The smallest absolute Gasteiger partial charge is 0.341 e. The molecule has 2 aromatic carbocycles. The third kappa shape index (κ3) is 6.70.